The molecule has 0 spiro atoms. The van der Waals surface area contributed by atoms with E-state index >= 15 is 0 Å². The predicted molar refractivity (Wildman–Crippen MR) is 112 cm³/mol. The lowest BCUT2D eigenvalue weighted by atomic mass is 10.1. The fourth-order valence-electron chi connectivity index (χ4n) is 2.57. The monoisotopic (exact) mass is 383 g/mol. The zero-order chi connectivity index (χ0) is 18.5. The maximum atomic E-state index is 12.7. The van der Waals surface area contributed by atoms with Crippen molar-refractivity contribution in [3.8, 4) is 11.3 Å². The standard InChI is InChI=1S/C20H21N3OS2/c1-3-17(26-16-11-7-10-15(21)12-16)19(24)23-20-22-18(13(2)25-20)14-8-5-4-6-9-14/h4-12,17H,3,21H2,1-2H3,(H,22,23,24). The first kappa shape index (κ1) is 18.5. The lowest BCUT2D eigenvalue weighted by molar-refractivity contribution is -0.115. The summed E-state index contributed by atoms with van der Waals surface area (Å²) in [5.41, 5.74) is 8.51. The van der Waals surface area contributed by atoms with Gasteiger partial charge in [-0.2, -0.15) is 0 Å². The summed E-state index contributed by atoms with van der Waals surface area (Å²) in [6.07, 6.45) is 0.723. The third-order valence-electron chi connectivity index (χ3n) is 3.87. The molecule has 0 saturated heterocycles. The number of nitrogen functional groups attached to an aromatic ring is 1. The number of nitrogens with two attached hydrogens (primary N) is 1. The van der Waals surface area contributed by atoms with Crippen LogP contribution in [0.3, 0.4) is 0 Å². The summed E-state index contributed by atoms with van der Waals surface area (Å²) in [4.78, 5) is 19.4. The number of aryl methyl sites for hydroxylation is 1. The van der Waals surface area contributed by atoms with E-state index in [1.807, 2.05) is 68.4 Å². The average Bonchev–Trinajstić information content (AvgIpc) is 3.00. The highest BCUT2D eigenvalue weighted by Crippen LogP contribution is 2.32. The molecular weight excluding hydrogens is 362 g/mol. The van der Waals surface area contributed by atoms with Crippen molar-refractivity contribution in [2.75, 3.05) is 11.1 Å². The molecule has 0 radical (unpaired) electrons. The molecule has 0 bridgehead atoms. The smallest absolute Gasteiger partial charge is 0.239 e. The molecule has 1 unspecified atom stereocenters. The molecule has 134 valence electrons. The van der Waals surface area contributed by atoms with Gasteiger partial charge in [0.1, 0.15) is 0 Å². The SMILES string of the molecule is CCC(Sc1cccc(N)c1)C(=O)Nc1nc(-c2ccccc2)c(C)s1. The minimum atomic E-state index is -0.193. The molecule has 1 aromatic heterocycles. The Kier molecular flexibility index (Phi) is 5.96. The molecule has 2 aromatic carbocycles. The number of hydrogen-bond donors (Lipinski definition) is 2. The largest absolute Gasteiger partial charge is 0.399 e. The van der Waals surface area contributed by atoms with Crippen LogP contribution in [0.4, 0.5) is 10.8 Å². The predicted octanol–water partition coefficient (Wildman–Crippen LogP) is 5.21. The van der Waals surface area contributed by atoms with Gasteiger partial charge < -0.3 is 11.1 Å². The van der Waals surface area contributed by atoms with E-state index in [4.69, 9.17) is 5.73 Å². The Morgan fingerprint density at radius 2 is 2.00 bits per heavy atom. The fourth-order valence-corrected chi connectivity index (χ4v) is 4.44. The number of aromatic nitrogens is 1. The molecule has 0 aliphatic carbocycles. The topological polar surface area (TPSA) is 68.0 Å². The molecule has 1 atom stereocenters. The minimum Gasteiger partial charge on any atom is -0.399 e. The zero-order valence-electron chi connectivity index (χ0n) is 14.7. The summed E-state index contributed by atoms with van der Waals surface area (Å²) in [5.74, 6) is -0.0340. The number of nitrogens with zero attached hydrogens (tertiary/aromatic N) is 1. The molecule has 1 amide bonds. The minimum absolute atomic E-state index is 0.0340. The number of hydrogen-bond acceptors (Lipinski definition) is 5. The number of rotatable bonds is 6. The van der Waals surface area contributed by atoms with Gasteiger partial charge in [-0.1, -0.05) is 43.3 Å². The van der Waals surface area contributed by atoms with E-state index in [9.17, 15) is 4.79 Å². The van der Waals surface area contributed by atoms with Gasteiger partial charge in [0.2, 0.25) is 5.91 Å². The summed E-state index contributed by atoms with van der Waals surface area (Å²) in [6, 6.07) is 17.6. The number of thiazole rings is 1. The van der Waals surface area contributed by atoms with Gasteiger partial charge in [0.25, 0.3) is 0 Å². The van der Waals surface area contributed by atoms with Gasteiger partial charge in [-0.25, -0.2) is 4.98 Å². The van der Waals surface area contributed by atoms with Crippen LogP contribution in [-0.2, 0) is 4.79 Å². The van der Waals surface area contributed by atoms with Crippen molar-refractivity contribution in [1.29, 1.82) is 0 Å². The Morgan fingerprint density at radius 3 is 2.69 bits per heavy atom. The van der Waals surface area contributed by atoms with Crippen molar-refractivity contribution in [3.63, 3.8) is 0 Å². The van der Waals surface area contributed by atoms with Crippen LogP contribution >= 0.6 is 23.1 Å². The maximum absolute atomic E-state index is 12.7. The van der Waals surface area contributed by atoms with Crippen LogP contribution in [0, 0.1) is 6.92 Å². The number of nitrogens with one attached hydrogen (secondary N) is 1. The second-order valence-corrected chi connectivity index (χ2v) is 8.35. The third-order valence-corrected chi connectivity index (χ3v) is 6.12. The zero-order valence-corrected chi connectivity index (χ0v) is 16.4. The molecule has 0 saturated carbocycles. The van der Waals surface area contributed by atoms with Crippen LogP contribution in [0.1, 0.15) is 18.2 Å². The number of amides is 1. The molecule has 4 nitrogen and oxygen atoms in total. The molecule has 26 heavy (non-hydrogen) atoms. The quantitative estimate of drug-likeness (QED) is 0.453. The van der Waals surface area contributed by atoms with E-state index in [-0.39, 0.29) is 11.2 Å². The lowest BCUT2D eigenvalue weighted by Crippen LogP contribution is -2.24. The first-order chi connectivity index (χ1) is 12.6. The summed E-state index contributed by atoms with van der Waals surface area (Å²) in [5, 5.41) is 3.42. The molecular formula is C20H21N3OS2. The summed E-state index contributed by atoms with van der Waals surface area (Å²) >= 11 is 3.02. The van der Waals surface area contributed by atoms with Gasteiger partial charge >= 0.3 is 0 Å². The molecule has 3 rings (SSSR count). The van der Waals surface area contributed by atoms with Gasteiger partial charge in [0, 0.05) is 21.0 Å². The summed E-state index contributed by atoms with van der Waals surface area (Å²) in [7, 11) is 0. The average molecular weight is 384 g/mol. The summed E-state index contributed by atoms with van der Waals surface area (Å²) in [6.45, 7) is 4.03. The Balaban J connectivity index is 1.72. The number of thioether (sulfide) groups is 1. The van der Waals surface area contributed by atoms with Gasteiger partial charge in [0.15, 0.2) is 5.13 Å². The first-order valence-electron chi connectivity index (χ1n) is 8.42. The molecule has 3 aromatic rings. The van der Waals surface area contributed by atoms with E-state index in [2.05, 4.69) is 10.3 Å². The van der Waals surface area contributed by atoms with Crippen molar-refractivity contribution in [2.45, 2.75) is 30.4 Å². The van der Waals surface area contributed by atoms with Gasteiger partial charge in [-0.3, -0.25) is 4.79 Å². The second-order valence-electron chi connectivity index (χ2n) is 5.87. The fraction of sp³-hybridized carbons (Fsp3) is 0.200. The number of anilines is 2. The highest BCUT2D eigenvalue weighted by Gasteiger charge is 2.20. The van der Waals surface area contributed by atoms with E-state index in [1.165, 1.54) is 23.1 Å². The highest BCUT2D eigenvalue weighted by atomic mass is 32.2. The van der Waals surface area contributed by atoms with Crippen molar-refractivity contribution >= 4 is 39.8 Å². The molecule has 6 heteroatoms. The Morgan fingerprint density at radius 1 is 1.23 bits per heavy atom. The molecule has 0 fully saturated rings. The Labute approximate surface area is 161 Å². The Bertz CT molecular complexity index is 893. The molecule has 0 aliphatic heterocycles. The van der Waals surface area contributed by atoms with Crippen LogP contribution in [0.5, 0.6) is 0 Å². The van der Waals surface area contributed by atoms with Gasteiger partial charge in [-0.15, -0.1) is 23.1 Å². The number of benzene rings is 2. The van der Waals surface area contributed by atoms with Gasteiger partial charge in [-0.05, 0) is 31.5 Å². The van der Waals surface area contributed by atoms with E-state index in [0.717, 1.165) is 27.5 Å². The normalized spacial score (nSPS) is 11.9. The van der Waals surface area contributed by atoms with E-state index < -0.39 is 0 Å². The maximum Gasteiger partial charge on any atom is 0.239 e. The van der Waals surface area contributed by atoms with Gasteiger partial charge in [0.05, 0.1) is 10.9 Å². The number of carbonyl (C=O) groups is 1. The summed E-state index contributed by atoms with van der Waals surface area (Å²) < 4.78 is 0. The Hall–Kier alpha value is -2.31. The van der Waals surface area contributed by atoms with Crippen LogP contribution in [0.2, 0.25) is 0 Å². The second kappa shape index (κ2) is 8.38. The molecule has 0 aliphatic rings. The van der Waals surface area contributed by atoms with Crippen LogP contribution in [0.15, 0.2) is 59.5 Å². The number of carbonyl (C=O) groups excluding carboxylic acids is 1. The highest BCUT2D eigenvalue weighted by molar-refractivity contribution is 8.00. The van der Waals surface area contributed by atoms with Crippen LogP contribution < -0.4 is 11.1 Å². The third kappa shape index (κ3) is 4.45. The van der Waals surface area contributed by atoms with Crippen molar-refractivity contribution in [2.24, 2.45) is 0 Å². The van der Waals surface area contributed by atoms with E-state index in [0.29, 0.717) is 10.8 Å². The van der Waals surface area contributed by atoms with Crippen molar-refractivity contribution < 1.29 is 4.79 Å². The van der Waals surface area contributed by atoms with E-state index in [1.54, 1.807) is 0 Å². The van der Waals surface area contributed by atoms with Crippen molar-refractivity contribution in [1.82, 2.24) is 4.98 Å². The van der Waals surface area contributed by atoms with Crippen LogP contribution in [0.25, 0.3) is 11.3 Å². The van der Waals surface area contributed by atoms with Crippen LogP contribution in [-0.4, -0.2) is 16.1 Å². The molecule has 1 heterocycles. The lowest BCUT2D eigenvalue weighted by Gasteiger charge is -2.13. The molecule has 3 N–H and O–H groups in total. The first-order valence-corrected chi connectivity index (χ1v) is 10.1. The van der Waals surface area contributed by atoms with Crippen molar-refractivity contribution in [3.05, 3.63) is 59.5 Å².